The number of fused-ring (bicyclic) bond motifs is 1. The van der Waals surface area contributed by atoms with Gasteiger partial charge in [0.1, 0.15) is 0 Å². The topological polar surface area (TPSA) is 51.0 Å². The minimum atomic E-state index is -0.0170. The van der Waals surface area contributed by atoms with Gasteiger partial charge >= 0.3 is 0 Å². The third-order valence-electron chi connectivity index (χ3n) is 2.73. The van der Waals surface area contributed by atoms with Crippen molar-refractivity contribution in [1.29, 1.82) is 0 Å². The SMILES string of the molecule is Cc1cc(C(=O)N(C)C)c2c(C)nn(C)c2n1. The Morgan fingerprint density at radius 2 is 2.00 bits per heavy atom. The summed E-state index contributed by atoms with van der Waals surface area (Å²) in [6, 6.07) is 1.82. The number of carbonyl (C=O) groups excluding carboxylic acids is 1. The predicted octanol–water partition coefficient (Wildman–Crippen LogP) is 1.29. The van der Waals surface area contributed by atoms with Crippen molar-refractivity contribution in [2.24, 2.45) is 7.05 Å². The highest BCUT2D eigenvalue weighted by molar-refractivity contribution is 6.06. The van der Waals surface area contributed by atoms with Crippen LogP contribution in [0.15, 0.2) is 6.07 Å². The second kappa shape index (κ2) is 3.84. The monoisotopic (exact) mass is 232 g/mol. The van der Waals surface area contributed by atoms with Gasteiger partial charge in [0, 0.05) is 26.8 Å². The highest BCUT2D eigenvalue weighted by Gasteiger charge is 2.18. The number of hydrogen-bond donors (Lipinski definition) is 0. The molecule has 2 rings (SSSR count). The second-order valence-corrected chi connectivity index (χ2v) is 4.42. The van der Waals surface area contributed by atoms with E-state index in [0.29, 0.717) is 5.56 Å². The number of amides is 1. The molecular weight excluding hydrogens is 216 g/mol. The summed E-state index contributed by atoms with van der Waals surface area (Å²) < 4.78 is 1.71. The Morgan fingerprint density at radius 1 is 1.35 bits per heavy atom. The van der Waals surface area contributed by atoms with Crippen LogP contribution in [0, 0.1) is 13.8 Å². The molecule has 0 aliphatic carbocycles. The van der Waals surface area contributed by atoms with Crippen molar-refractivity contribution in [2.45, 2.75) is 13.8 Å². The van der Waals surface area contributed by atoms with Crippen molar-refractivity contribution in [3.8, 4) is 0 Å². The molecule has 17 heavy (non-hydrogen) atoms. The molecule has 2 heterocycles. The lowest BCUT2D eigenvalue weighted by Gasteiger charge is -2.11. The third kappa shape index (κ3) is 1.77. The van der Waals surface area contributed by atoms with Crippen LogP contribution in [0.2, 0.25) is 0 Å². The zero-order chi connectivity index (χ0) is 12.7. The maximum Gasteiger partial charge on any atom is 0.254 e. The first kappa shape index (κ1) is 11.6. The lowest BCUT2D eigenvalue weighted by molar-refractivity contribution is 0.0829. The minimum Gasteiger partial charge on any atom is -0.345 e. The molecule has 1 amide bonds. The molecule has 0 aliphatic rings. The Morgan fingerprint density at radius 3 is 2.59 bits per heavy atom. The summed E-state index contributed by atoms with van der Waals surface area (Å²) in [6.07, 6.45) is 0. The lowest BCUT2D eigenvalue weighted by atomic mass is 10.1. The van der Waals surface area contributed by atoms with E-state index in [2.05, 4.69) is 10.1 Å². The summed E-state index contributed by atoms with van der Waals surface area (Å²) in [7, 11) is 5.33. The molecule has 0 fully saturated rings. The second-order valence-electron chi connectivity index (χ2n) is 4.42. The number of rotatable bonds is 1. The van der Waals surface area contributed by atoms with Gasteiger partial charge in [-0.1, -0.05) is 0 Å². The van der Waals surface area contributed by atoms with Crippen LogP contribution < -0.4 is 0 Å². The zero-order valence-electron chi connectivity index (χ0n) is 10.8. The van der Waals surface area contributed by atoms with Gasteiger partial charge < -0.3 is 4.90 Å². The van der Waals surface area contributed by atoms with E-state index >= 15 is 0 Å². The maximum absolute atomic E-state index is 12.1. The van der Waals surface area contributed by atoms with Crippen LogP contribution in [0.4, 0.5) is 0 Å². The van der Waals surface area contributed by atoms with Crippen LogP contribution >= 0.6 is 0 Å². The van der Waals surface area contributed by atoms with Gasteiger partial charge in [-0.2, -0.15) is 5.10 Å². The molecule has 0 atom stereocenters. The van der Waals surface area contributed by atoms with E-state index in [9.17, 15) is 4.79 Å². The van der Waals surface area contributed by atoms with E-state index in [1.807, 2.05) is 27.0 Å². The molecule has 0 spiro atoms. The lowest BCUT2D eigenvalue weighted by Crippen LogP contribution is -2.22. The van der Waals surface area contributed by atoms with Crippen molar-refractivity contribution >= 4 is 16.9 Å². The molecule has 5 nitrogen and oxygen atoms in total. The quantitative estimate of drug-likeness (QED) is 0.744. The van der Waals surface area contributed by atoms with Gasteiger partial charge in [0.2, 0.25) is 0 Å². The van der Waals surface area contributed by atoms with Gasteiger partial charge in [0.15, 0.2) is 5.65 Å². The fraction of sp³-hybridized carbons (Fsp3) is 0.417. The molecule has 0 radical (unpaired) electrons. The maximum atomic E-state index is 12.1. The number of carbonyl (C=O) groups is 1. The van der Waals surface area contributed by atoms with Crippen LogP contribution in [0.1, 0.15) is 21.7 Å². The van der Waals surface area contributed by atoms with Crippen LogP contribution in [0.5, 0.6) is 0 Å². The van der Waals surface area contributed by atoms with Crippen molar-refractivity contribution in [1.82, 2.24) is 19.7 Å². The molecule has 0 N–H and O–H groups in total. The molecule has 2 aromatic heterocycles. The first-order chi connectivity index (χ1) is 7.91. The Labute approximate surface area is 100 Å². The smallest absolute Gasteiger partial charge is 0.254 e. The number of hydrogen-bond acceptors (Lipinski definition) is 3. The molecule has 0 aromatic carbocycles. The van der Waals surface area contributed by atoms with Gasteiger partial charge in [-0.3, -0.25) is 9.48 Å². The van der Waals surface area contributed by atoms with Crippen molar-refractivity contribution in [2.75, 3.05) is 14.1 Å². The van der Waals surface area contributed by atoms with Gasteiger partial charge in [0.05, 0.1) is 16.6 Å². The summed E-state index contributed by atoms with van der Waals surface area (Å²) in [6.45, 7) is 3.78. The largest absolute Gasteiger partial charge is 0.345 e. The van der Waals surface area contributed by atoms with Crippen LogP contribution in [-0.4, -0.2) is 39.7 Å². The number of pyridine rings is 1. The van der Waals surface area contributed by atoms with Crippen molar-refractivity contribution in [3.63, 3.8) is 0 Å². The van der Waals surface area contributed by atoms with Gasteiger partial charge in [-0.25, -0.2) is 4.98 Å². The molecule has 5 heteroatoms. The summed E-state index contributed by atoms with van der Waals surface area (Å²) >= 11 is 0. The average molecular weight is 232 g/mol. The summed E-state index contributed by atoms with van der Waals surface area (Å²) in [5.74, 6) is -0.0170. The Kier molecular flexibility index (Phi) is 2.61. The van der Waals surface area contributed by atoms with Crippen molar-refractivity contribution < 1.29 is 4.79 Å². The van der Waals surface area contributed by atoms with Crippen molar-refractivity contribution in [3.05, 3.63) is 23.0 Å². The van der Waals surface area contributed by atoms with E-state index in [4.69, 9.17) is 0 Å². The van der Waals surface area contributed by atoms with E-state index in [1.165, 1.54) is 0 Å². The Balaban J connectivity index is 2.82. The molecular formula is C12H16N4O. The fourth-order valence-electron chi connectivity index (χ4n) is 1.98. The standard InChI is InChI=1S/C12H16N4O/c1-7-6-9(12(17)15(3)4)10-8(2)14-16(5)11(10)13-7/h6H,1-5H3. The summed E-state index contributed by atoms with van der Waals surface area (Å²) in [4.78, 5) is 18.1. The summed E-state index contributed by atoms with van der Waals surface area (Å²) in [5.41, 5.74) is 3.08. The van der Waals surface area contributed by atoms with Gasteiger partial charge in [-0.15, -0.1) is 0 Å². The minimum absolute atomic E-state index is 0.0170. The zero-order valence-corrected chi connectivity index (χ0v) is 10.8. The van der Waals surface area contributed by atoms with Crippen LogP contribution in [0.25, 0.3) is 11.0 Å². The van der Waals surface area contributed by atoms with E-state index in [0.717, 1.165) is 22.4 Å². The molecule has 90 valence electrons. The molecule has 0 unspecified atom stereocenters. The number of nitrogens with zero attached hydrogens (tertiary/aromatic N) is 4. The Hall–Kier alpha value is -1.91. The third-order valence-corrected chi connectivity index (χ3v) is 2.73. The van der Waals surface area contributed by atoms with E-state index < -0.39 is 0 Å². The average Bonchev–Trinajstić information content (AvgIpc) is 2.52. The molecule has 0 bridgehead atoms. The number of aryl methyl sites for hydroxylation is 3. The molecule has 0 aliphatic heterocycles. The van der Waals surface area contributed by atoms with Gasteiger partial charge in [0.25, 0.3) is 5.91 Å². The molecule has 2 aromatic rings. The predicted molar refractivity (Wildman–Crippen MR) is 66.0 cm³/mol. The molecule has 0 saturated heterocycles. The molecule has 0 saturated carbocycles. The fourth-order valence-corrected chi connectivity index (χ4v) is 1.98. The highest BCUT2D eigenvalue weighted by atomic mass is 16.2. The van der Waals surface area contributed by atoms with E-state index in [-0.39, 0.29) is 5.91 Å². The van der Waals surface area contributed by atoms with Crippen LogP contribution in [0.3, 0.4) is 0 Å². The normalized spacial score (nSPS) is 10.9. The van der Waals surface area contributed by atoms with Gasteiger partial charge in [-0.05, 0) is 19.9 Å². The first-order valence-corrected chi connectivity index (χ1v) is 5.44. The Bertz CT molecular complexity index is 598. The number of aromatic nitrogens is 3. The summed E-state index contributed by atoms with van der Waals surface area (Å²) in [5, 5.41) is 5.16. The van der Waals surface area contributed by atoms with E-state index in [1.54, 1.807) is 23.7 Å². The van der Waals surface area contributed by atoms with Crippen LogP contribution in [-0.2, 0) is 7.05 Å². The first-order valence-electron chi connectivity index (χ1n) is 5.44. The highest BCUT2D eigenvalue weighted by Crippen LogP contribution is 2.22.